The molecule has 0 amide bonds. The molecule has 1 aromatic rings. The predicted molar refractivity (Wildman–Crippen MR) is 69.0 cm³/mol. The Kier molecular flexibility index (Phi) is 4.70. The predicted octanol–water partition coefficient (Wildman–Crippen LogP) is 2.47. The largest absolute Gasteiger partial charge is 0.469 e. The van der Waals surface area contributed by atoms with Crippen molar-refractivity contribution in [2.75, 3.05) is 21.2 Å². The lowest BCUT2D eigenvalue weighted by Gasteiger charge is -2.24. The number of hydrogen-bond acceptors (Lipinski definition) is 3. The maximum atomic E-state index is 11.4. The number of ether oxygens (including phenoxy) is 1. The van der Waals surface area contributed by atoms with E-state index in [1.54, 1.807) is 0 Å². The van der Waals surface area contributed by atoms with Gasteiger partial charge in [-0.2, -0.15) is 0 Å². The van der Waals surface area contributed by atoms with Gasteiger partial charge in [0.15, 0.2) is 0 Å². The number of nitrogens with zero attached hydrogens (tertiary/aromatic N) is 1. The molecule has 3 nitrogen and oxygen atoms in total. The van der Waals surface area contributed by atoms with Crippen LogP contribution in [0.15, 0.2) is 18.2 Å². The summed E-state index contributed by atoms with van der Waals surface area (Å²) < 4.78 is 4.74. The van der Waals surface area contributed by atoms with Crippen molar-refractivity contribution in [2.45, 2.75) is 26.3 Å². The Labute approximate surface area is 103 Å². The Morgan fingerprint density at radius 2 is 1.94 bits per heavy atom. The highest BCUT2D eigenvalue weighted by atomic mass is 16.5. The van der Waals surface area contributed by atoms with Crippen LogP contribution in [0.4, 0.5) is 0 Å². The van der Waals surface area contributed by atoms with E-state index in [-0.39, 0.29) is 12.0 Å². The summed E-state index contributed by atoms with van der Waals surface area (Å²) >= 11 is 0. The van der Waals surface area contributed by atoms with Gasteiger partial charge in [-0.25, -0.2) is 0 Å². The Bertz CT molecular complexity index is 399. The summed E-state index contributed by atoms with van der Waals surface area (Å²) in [4.78, 5) is 13.4. The number of carbonyl (C=O) groups is 1. The van der Waals surface area contributed by atoms with Crippen LogP contribution >= 0.6 is 0 Å². The SMILES string of the molecule is COC(=O)CC(c1ccc(C)c(C)c1)N(C)C. The summed E-state index contributed by atoms with van der Waals surface area (Å²) in [5.41, 5.74) is 3.67. The highest BCUT2D eigenvalue weighted by Crippen LogP contribution is 2.24. The molecule has 0 N–H and O–H groups in total. The molecule has 0 bridgehead atoms. The molecule has 1 rings (SSSR count). The van der Waals surface area contributed by atoms with Crippen LogP contribution in [0.2, 0.25) is 0 Å². The van der Waals surface area contributed by atoms with E-state index in [4.69, 9.17) is 4.74 Å². The molecule has 0 spiro atoms. The van der Waals surface area contributed by atoms with Crippen LogP contribution in [0.5, 0.6) is 0 Å². The quantitative estimate of drug-likeness (QED) is 0.751. The summed E-state index contributed by atoms with van der Waals surface area (Å²) in [5, 5.41) is 0. The lowest BCUT2D eigenvalue weighted by Crippen LogP contribution is -2.23. The molecule has 0 aromatic heterocycles. The topological polar surface area (TPSA) is 29.5 Å². The van der Waals surface area contributed by atoms with Crippen molar-refractivity contribution in [3.8, 4) is 0 Å². The maximum Gasteiger partial charge on any atom is 0.307 e. The molecule has 0 aliphatic carbocycles. The Morgan fingerprint density at radius 1 is 1.29 bits per heavy atom. The van der Waals surface area contributed by atoms with Crippen LogP contribution in [-0.4, -0.2) is 32.1 Å². The van der Waals surface area contributed by atoms with Gasteiger partial charge in [0, 0.05) is 6.04 Å². The number of methoxy groups -OCH3 is 1. The third-order valence-electron chi connectivity index (χ3n) is 3.13. The molecule has 1 atom stereocenters. The molecule has 1 unspecified atom stereocenters. The summed E-state index contributed by atoms with van der Waals surface area (Å²) in [5.74, 6) is -0.179. The van der Waals surface area contributed by atoms with Crippen molar-refractivity contribution in [3.63, 3.8) is 0 Å². The molecule has 0 saturated carbocycles. The minimum Gasteiger partial charge on any atom is -0.469 e. The Hall–Kier alpha value is -1.35. The fourth-order valence-electron chi connectivity index (χ4n) is 1.81. The van der Waals surface area contributed by atoms with Crippen LogP contribution in [0.25, 0.3) is 0 Å². The van der Waals surface area contributed by atoms with Crippen molar-refractivity contribution in [3.05, 3.63) is 34.9 Å². The minimum atomic E-state index is -0.179. The lowest BCUT2D eigenvalue weighted by molar-refractivity contribution is -0.141. The van der Waals surface area contributed by atoms with Crippen molar-refractivity contribution >= 4 is 5.97 Å². The summed E-state index contributed by atoms with van der Waals surface area (Å²) in [6.07, 6.45) is 0.381. The van der Waals surface area contributed by atoms with Crippen molar-refractivity contribution < 1.29 is 9.53 Å². The zero-order valence-electron chi connectivity index (χ0n) is 11.3. The molecule has 0 fully saturated rings. The summed E-state index contributed by atoms with van der Waals surface area (Å²) in [6.45, 7) is 4.17. The van der Waals surface area contributed by atoms with Crippen LogP contribution < -0.4 is 0 Å². The zero-order chi connectivity index (χ0) is 13.0. The Morgan fingerprint density at radius 3 is 2.41 bits per heavy atom. The van der Waals surface area contributed by atoms with Gasteiger partial charge >= 0.3 is 5.97 Å². The highest BCUT2D eigenvalue weighted by molar-refractivity contribution is 5.70. The van der Waals surface area contributed by atoms with Gasteiger partial charge in [0.25, 0.3) is 0 Å². The number of carbonyl (C=O) groups excluding carboxylic acids is 1. The number of benzene rings is 1. The maximum absolute atomic E-state index is 11.4. The minimum absolute atomic E-state index is 0.0711. The third-order valence-corrected chi connectivity index (χ3v) is 3.13. The Balaban J connectivity index is 2.97. The second kappa shape index (κ2) is 5.82. The van der Waals surface area contributed by atoms with E-state index in [9.17, 15) is 4.79 Å². The molecular weight excluding hydrogens is 214 g/mol. The second-order valence-electron chi connectivity index (χ2n) is 4.60. The average Bonchev–Trinajstić information content (AvgIpc) is 2.29. The van der Waals surface area contributed by atoms with Crippen LogP contribution in [0.3, 0.4) is 0 Å². The molecule has 0 radical (unpaired) electrons. The molecule has 94 valence electrons. The van der Waals surface area contributed by atoms with E-state index >= 15 is 0 Å². The normalized spacial score (nSPS) is 12.6. The van der Waals surface area contributed by atoms with Gasteiger partial charge in [0.05, 0.1) is 13.5 Å². The average molecular weight is 235 g/mol. The van der Waals surface area contributed by atoms with Crippen LogP contribution in [0, 0.1) is 13.8 Å². The van der Waals surface area contributed by atoms with E-state index in [0.717, 1.165) is 5.56 Å². The molecular formula is C14H21NO2. The van der Waals surface area contributed by atoms with Gasteiger partial charge in [0.2, 0.25) is 0 Å². The fourth-order valence-corrected chi connectivity index (χ4v) is 1.81. The summed E-state index contributed by atoms with van der Waals surface area (Å²) in [7, 11) is 5.38. The van der Waals surface area contributed by atoms with Crippen molar-refractivity contribution in [2.24, 2.45) is 0 Å². The standard InChI is InChI=1S/C14H21NO2/c1-10-6-7-12(8-11(10)2)13(15(3)4)9-14(16)17-5/h6-8,13H,9H2,1-5H3. The first-order chi connectivity index (χ1) is 7.95. The lowest BCUT2D eigenvalue weighted by atomic mass is 9.98. The zero-order valence-corrected chi connectivity index (χ0v) is 11.3. The van der Waals surface area contributed by atoms with E-state index in [1.165, 1.54) is 18.2 Å². The monoisotopic (exact) mass is 235 g/mol. The van der Waals surface area contributed by atoms with E-state index in [0.29, 0.717) is 6.42 Å². The molecule has 0 aliphatic rings. The van der Waals surface area contributed by atoms with Gasteiger partial charge < -0.3 is 9.64 Å². The number of aryl methyl sites for hydroxylation is 2. The molecule has 0 heterocycles. The van der Waals surface area contributed by atoms with Crippen molar-refractivity contribution in [1.82, 2.24) is 4.90 Å². The smallest absolute Gasteiger partial charge is 0.307 e. The second-order valence-corrected chi connectivity index (χ2v) is 4.60. The van der Waals surface area contributed by atoms with Gasteiger partial charge in [-0.1, -0.05) is 18.2 Å². The fraction of sp³-hybridized carbons (Fsp3) is 0.500. The number of esters is 1. The molecule has 0 saturated heterocycles. The van der Waals surface area contributed by atoms with E-state index in [2.05, 4.69) is 32.0 Å². The third kappa shape index (κ3) is 3.56. The molecule has 3 heteroatoms. The van der Waals surface area contributed by atoms with Gasteiger partial charge in [0.1, 0.15) is 0 Å². The first-order valence-electron chi connectivity index (χ1n) is 5.76. The molecule has 0 aliphatic heterocycles. The van der Waals surface area contributed by atoms with Crippen molar-refractivity contribution in [1.29, 1.82) is 0 Å². The number of hydrogen-bond donors (Lipinski definition) is 0. The van der Waals surface area contributed by atoms with Gasteiger partial charge in [-0.3, -0.25) is 4.79 Å². The number of rotatable bonds is 4. The van der Waals surface area contributed by atoms with Gasteiger partial charge in [-0.15, -0.1) is 0 Å². The van der Waals surface area contributed by atoms with E-state index < -0.39 is 0 Å². The van der Waals surface area contributed by atoms with Crippen LogP contribution in [0.1, 0.15) is 29.2 Å². The van der Waals surface area contributed by atoms with Gasteiger partial charge in [-0.05, 0) is 44.6 Å². The first-order valence-corrected chi connectivity index (χ1v) is 5.76. The van der Waals surface area contributed by atoms with Crippen LogP contribution in [-0.2, 0) is 9.53 Å². The first kappa shape index (κ1) is 13.7. The summed E-state index contributed by atoms with van der Waals surface area (Å²) in [6, 6.07) is 6.39. The molecule has 17 heavy (non-hydrogen) atoms. The highest BCUT2D eigenvalue weighted by Gasteiger charge is 2.18. The molecule has 1 aromatic carbocycles. The van der Waals surface area contributed by atoms with E-state index in [1.807, 2.05) is 19.0 Å².